The highest BCUT2D eigenvalue weighted by Gasteiger charge is 2.31. The lowest BCUT2D eigenvalue weighted by Crippen LogP contribution is -2.39. The van der Waals surface area contributed by atoms with E-state index in [1.807, 2.05) is 13.0 Å². The Morgan fingerprint density at radius 3 is 2.67 bits per heavy atom. The number of benzene rings is 2. The van der Waals surface area contributed by atoms with Crippen LogP contribution in [0.4, 0.5) is 20.2 Å². The van der Waals surface area contributed by atoms with Crippen molar-refractivity contribution in [1.82, 2.24) is 4.98 Å². The highest BCUT2D eigenvalue weighted by Crippen LogP contribution is 2.39. The number of aryl methyl sites for hydroxylation is 1. The van der Waals surface area contributed by atoms with Crippen LogP contribution in [0.3, 0.4) is 0 Å². The van der Waals surface area contributed by atoms with E-state index < -0.39 is 17.2 Å². The van der Waals surface area contributed by atoms with Crippen LogP contribution >= 0.6 is 0 Å². The Hall–Kier alpha value is -2.89. The summed E-state index contributed by atoms with van der Waals surface area (Å²) >= 11 is 0. The zero-order chi connectivity index (χ0) is 19.3. The second-order valence-electron chi connectivity index (χ2n) is 7.42. The van der Waals surface area contributed by atoms with E-state index in [9.17, 15) is 13.6 Å². The fraction of sp³-hybridized carbons (Fsp3) is 0.286. The number of halogens is 2. The highest BCUT2D eigenvalue weighted by molar-refractivity contribution is 5.84. The third-order valence-corrected chi connectivity index (χ3v) is 5.07. The van der Waals surface area contributed by atoms with Crippen molar-refractivity contribution < 1.29 is 8.78 Å². The first-order valence-electron chi connectivity index (χ1n) is 8.99. The molecule has 0 radical (unpaired) electrons. The van der Waals surface area contributed by atoms with Crippen molar-refractivity contribution in [3.63, 3.8) is 0 Å². The van der Waals surface area contributed by atoms with Gasteiger partial charge in [-0.05, 0) is 48.2 Å². The summed E-state index contributed by atoms with van der Waals surface area (Å²) in [6.07, 6.45) is 0.0430. The third kappa shape index (κ3) is 2.95. The van der Waals surface area contributed by atoms with E-state index in [1.165, 1.54) is 12.1 Å². The van der Waals surface area contributed by atoms with Crippen LogP contribution in [-0.4, -0.2) is 11.1 Å². The van der Waals surface area contributed by atoms with Crippen LogP contribution in [-0.2, 0) is 6.54 Å². The summed E-state index contributed by atoms with van der Waals surface area (Å²) in [6.45, 7) is 6.69. The van der Waals surface area contributed by atoms with Crippen molar-refractivity contribution in [2.45, 2.75) is 33.5 Å². The Labute approximate surface area is 155 Å². The molecule has 2 heterocycles. The summed E-state index contributed by atoms with van der Waals surface area (Å²) < 4.78 is 27.8. The van der Waals surface area contributed by atoms with Gasteiger partial charge >= 0.3 is 0 Å². The van der Waals surface area contributed by atoms with Gasteiger partial charge in [-0.1, -0.05) is 19.9 Å². The Bertz CT molecular complexity index is 1090. The molecule has 1 atom stereocenters. The molecule has 0 bridgehead atoms. The molecular formula is C21H21F2N3O. The zero-order valence-corrected chi connectivity index (χ0v) is 15.4. The molecule has 0 spiro atoms. The minimum Gasteiger partial charge on any atom is -0.363 e. The number of hydrogen-bond donors (Lipinski definition) is 2. The maximum atomic E-state index is 14.2. The van der Waals surface area contributed by atoms with Gasteiger partial charge in [0.25, 0.3) is 0 Å². The lowest BCUT2D eigenvalue weighted by molar-refractivity contribution is 0.507. The SMILES string of the molecule is Cc1ccc2c(c1)NC(C(C)C)N2Cc1cc(=O)[nH]c2c(F)c(F)ccc12. The van der Waals surface area contributed by atoms with Crippen LogP contribution in [0.1, 0.15) is 25.0 Å². The van der Waals surface area contributed by atoms with Crippen LogP contribution in [0.15, 0.2) is 41.2 Å². The van der Waals surface area contributed by atoms with Crippen LogP contribution < -0.4 is 15.8 Å². The van der Waals surface area contributed by atoms with Gasteiger partial charge in [-0.25, -0.2) is 8.78 Å². The number of aromatic nitrogens is 1. The first kappa shape index (κ1) is 17.5. The van der Waals surface area contributed by atoms with Crippen LogP contribution in [0.25, 0.3) is 10.9 Å². The first-order chi connectivity index (χ1) is 12.8. The number of nitrogens with zero attached hydrogens (tertiary/aromatic N) is 1. The molecule has 140 valence electrons. The van der Waals surface area contributed by atoms with E-state index in [4.69, 9.17) is 0 Å². The van der Waals surface area contributed by atoms with Crippen LogP contribution in [0.5, 0.6) is 0 Å². The van der Waals surface area contributed by atoms with Crippen molar-refractivity contribution in [1.29, 1.82) is 0 Å². The number of fused-ring (bicyclic) bond motifs is 2. The van der Waals surface area contributed by atoms with E-state index in [2.05, 4.69) is 41.2 Å². The summed E-state index contributed by atoms with van der Waals surface area (Å²) in [5.74, 6) is -1.69. The molecule has 0 aliphatic carbocycles. The second-order valence-corrected chi connectivity index (χ2v) is 7.42. The van der Waals surface area contributed by atoms with Gasteiger partial charge in [0.05, 0.1) is 16.9 Å². The molecular weight excluding hydrogens is 348 g/mol. The number of rotatable bonds is 3. The van der Waals surface area contributed by atoms with Gasteiger partial charge in [0.15, 0.2) is 11.6 Å². The summed E-state index contributed by atoms with van der Waals surface area (Å²) in [6, 6.07) is 10.3. The van der Waals surface area contributed by atoms with Gasteiger partial charge in [-0.15, -0.1) is 0 Å². The molecule has 4 rings (SSSR count). The van der Waals surface area contributed by atoms with Crippen molar-refractivity contribution in [3.8, 4) is 0 Å². The average molecular weight is 369 g/mol. The van der Waals surface area contributed by atoms with Crippen LogP contribution in [0, 0.1) is 24.5 Å². The minimum atomic E-state index is -1.03. The summed E-state index contributed by atoms with van der Waals surface area (Å²) in [4.78, 5) is 16.7. The van der Waals surface area contributed by atoms with Gasteiger partial charge in [-0.2, -0.15) is 0 Å². The maximum Gasteiger partial charge on any atom is 0.248 e. The molecule has 3 aromatic rings. The molecule has 4 nitrogen and oxygen atoms in total. The van der Waals surface area contributed by atoms with E-state index in [0.717, 1.165) is 23.0 Å². The number of anilines is 2. The smallest absolute Gasteiger partial charge is 0.248 e. The standard InChI is InChI=1S/C21H21F2N3O/c1-11(2)21-24-16-8-12(3)4-7-17(16)26(21)10-13-9-18(27)25-20-14(13)5-6-15(22)19(20)23/h4-9,11,21,24H,10H2,1-3H3,(H,25,27). The Morgan fingerprint density at radius 2 is 1.93 bits per heavy atom. The lowest BCUT2D eigenvalue weighted by Gasteiger charge is -2.30. The van der Waals surface area contributed by atoms with E-state index in [-0.39, 0.29) is 11.7 Å². The number of aromatic amines is 1. The summed E-state index contributed by atoms with van der Waals surface area (Å²) in [5.41, 5.74) is 3.36. The molecule has 6 heteroatoms. The monoisotopic (exact) mass is 369 g/mol. The molecule has 27 heavy (non-hydrogen) atoms. The lowest BCUT2D eigenvalue weighted by atomic mass is 10.1. The fourth-order valence-corrected chi connectivity index (χ4v) is 3.76. The molecule has 1 unspecified atom stereocenters. The Balaban J connectivity index is 1.84. The van der Waals surface area contributed by atoms with Crippen molar-refractivity contribution in [2.24, 2.45) is 5.92 Å². The predicted molar refractivity (Wildman–Crippen MR) is 104 cm³/mol. The molecule has 0 saturated heterocycles. The average Bonchev–Trinajstić information content (AvgIpc) is 2.96. The second kappa shape index (κ2) is 6.37. The van der Waals surface area contributed by atoms with Crippen molar-refractivity contribution in [3.05, 3.63) is 69.5 Å². The van der Waals surface area contributed by atoms with E-state index >= 15 is 0 Å². The van der Waals surface area contributed by atoms with Gasteiger partial charge < -0.3 is 15.2 Å². The van der Waals surface area contributed by atoms with Crippen LogP contribution in [0.2, 0.25) is 0 Å². The topological polar surface area (TPSA) is 48.1 Å². The molecule has 1 aliphatic rings. The Morgan fingerprint density at radius 1 is 1.15 bits per heavy atom. The maximum absolute atomic E-state index is 14.2. The van der Waals surface area contributed by atoms with Gasteiger partial charge in [0.1, 0.15) is 6.17 Å². The van der Waals surface area contributed by atoms with Gasteiger partial charge in [-0.3, -0.25) is 4.79 Å². The fourth-order valence-electron chi connectivity index (χ4n) is 3.76. The Kier molecular flexibility index (Phi) is 4.13. The molecule has 0 saturated carbocycles. The van der Waals surface area contributed by atoms with Gasteiger partial charge in [0.2, 0.25) is 5.56 Å². The van der Waals surface area contributed by atoms with E-state index in [0.29, 0.717) is 23.4 Å². The van der Waals surface area contributed by atoms with Crippen molar-refractivity contribution in [2.75, 3.05) is 10.2 Å². The molecule has 2 N–H and O–H groups in total. The third-order valence-electron chi connectivity index (χ3n) is 5.07. The normalized spacial score (nSPS) is 16.1. The number of nitrogens with one attached hydrogen (secondary N) is 2. The minimum absolute atomic E-state index is 0.0430. The summed E-state index contributed by atoms with van der Waals surface area (Å²) in [5, 5.41) is 4.04. The molecule has 2 aromatic carbocycles. The largest absolute Gasteiger partial charge is 0.363 e. The highest BCUT2D eigenvalue weighted by atomic mass is 19.2. The van der Waals surface area contributed by atoms with E-state index in [1.54, 1.807) is 0 Å². The number of pyridine rings is 1. The molecule has 0 fully saturated rings. The zero-order valence-electron chi connectivity index (χ0n) is 15.4. The molecule has 1 aromatic heterocycles. The van der Waals surface area contributed by atoms with Crippen molar-refractivity contribution >= 4 is 22.3 Å². The molecule has 0 amide bonds. The quantitative estimate of drug-likeness (QED) is 0.713. The predicted octanol–water partition coefficient (Wildman–Crippen LogP) is 4.53. The van der Waals surface area contributed by atoms with Gasteiger partial charge in [0, 0.05) is 18.0 Å². The number of H-pyrrole nitrogens is 1. The first-order valence-corrected chi connectivity index (χ1v) is 8.99. The number of hydrogen-bond acceptors (Lipinski definition) is 3. The summed E-state index contributed by atoms with van der Waals surface area (Å²) in [7, 11) is 0. The molecule has 1 aliphatic heterocycles.